The second-order valence-corrected chi connectivity index (χ2v) is 8.67. The maximum absolute atomic E-state index is 13.0. The molecule has 1 saturated heterocycles. The Labute approximate surface area is 162 Å². The van der Waals surface area contributed by atoms with Gasteiger partial charge in [0.25, 0.3) is 0 Å². The number of halogens is 4. The zero-order valence-electron chi connectivity index (χ0n) is 15.1. The summed E-state index contributed by atoms with van der Waals surface area (Å²) in [4.78, 5) is 13.6. The van der Waals surface area contributed by atoms with Crippen molar-refractivity contribution in [1.82, 2.24) is 9.21 Å². The SMILES string of the molecule is CCN(CC)C(=O)C1CCN(S(=O)(=O)c2ccc(Cl)c(C(F)(F)F)c2)CC1. The fraction of sp³-hybridized carbons (Fsp3) is 0.588. The molecule has 10 heteroatoms. The summed E-state index contributed by atoms with van der Waals surface area (Å²) in [5.74, 6) is -0.282. The molecule has 0 aliphatic carbocycles. The zero-order chi connectivity index (χ0) is 20.4. The molecule has 0 N–H and O–H groups in total. The zero-order valence-corrected chi connectivity index (χ0v) is 16.7. The van der Waals surface area contributed by atoms with Gasteiger partial charge in [-0.25, -0.2) is 8.42 Å². The number of piperidine rings is 1. The lowest BCUT2D eigenvalue weighted by atomic mass is 9.96. The number of nitrogens with zero attached hydrogens (tertiary/aromatic N) is 2. The highest BCUT2D eigenvalue weighted by atomic mass is 35.5. The van der Waals surface area contributed by atoms with E-state index in [1.54, 1.807) is 4.90 Å². The van der Waals surface area contributed by atoms with E-state index in [0.29, 0.717) is 32.0 Å². The van der Waals surface area contributed by atoms with Crippen LogP contribution in [0.5, 0.6) is 0 Å². The Bertz CT molecular complexity index is 787. The molecule has 0 spiro atoms. The van der Waals surface area contributed by atoms with Crippen LogP contribution in [0, 0.1) is 5.92 Å². The minimum Gasteiger partial charge on any atom is -0.343 e. The Morgan fingerprint density at radius 3 is 2.26 bits per heavy atom. The first kappa shape index (κ1) is 22.0. The minimum atomic E-state index is -4.74. The van der Waals surface area contributed by atoms with E-state index in [-0.39, 0.29) is 24.9 Å². The van der Waals surface area contributed by atoms with Gasteiger partial charge in [-0.3, -0.25) is 4.79 Å². The fourth-order valence-electron chi connectivity index (χ4n) is 3.17. The van der Waals surface area contributed by atoms with Gasteiger partial charge in [0.2, 0.25) is 15.9 Å². The van der Waals surface area contributed by atoms with Crippen molar-refractivity contribution in [2.75, 3.05) is 26.2 Å². The lowest BCUT2D eigenvalue weighted by molar-refractivity contribution is -0.138. The monoisotopic (exact) mass is 426 g/mol. The molecule has 0 atom stereocenters. The second-order valence-electron chi connectivity index (χ2n) is 6.33. The van der Waals surface area contributed by atoms with Crippen LogP contribution in [0.2, 0.25) is 5.02 Å². The number of sulfonamides is 1. The average molecular weight is 427 g/mol. The molecular weight excluding hydrogens is 405 g/mol. The van der Waals surface area contributed by atoms with E-state index >= 15 is 0 Å². The fourth-order valence-corrected chi connectivity index (χ4v) is 4.89. The van der Waals surface area contributed by atoms with Gasteiger partial charge < -0.3 is 4.90 Å². The van der Waals surface area contributed by atoms with Crippen LogP contribution in [-0.4, -0.2) is 49.7 Å². The molecular formula is C17H22ClF3N2O3S. The normalized spacial score (nSPS) is 17.1. The molecule has 1 fully saturated rings. The summed E-state index contributed by atoms with van der Waals surface area (Å²) < 4.78 is 65.6. The highest BCUT2D eigenvalue weighted by Gasteiger charge is 2.37. The van der Waals surface area contributed by atoms with Gasteiger partial charge in [0.15, 0.2) is 0 Å². The number of benzene rings is 1. The third kappa shape index (κ3) is 4.75. The first-order valence-electron chi connectivity index (χ1n) is 8.68. The molecule has 1 aliphatic heterocycles. The van der Waals surface area contributed by atoms with Crippen LogP contribution < -0.4 is 0 Å². The maximum Gasteiger partial charge on any atom is 0.417 e. The minimum absolute atomic E-state index is 0.0112. The molecule has 2 rings (SSSR count). The van der Waals surface area contributed by atoms with Crippen molar-refractivity contribution in [2.24, 2.45) is 5.92 Å². The number of hydrogen-bond acceptors (Lipinski definition) is 3. The molecule has 0 bridgehead atoms. The summed E-state index contributed by atoms with van der Waals surface area (Å²) in [6.45, 7) is 5.09. The maximum atomic E-state index is 13.0. The van der Waals surface area contributed by atoms with Gasteiger partial charge in [-0.2, -0.15) is 17.5 Å². The summed E-state index contributed by atoms with van der Waals surface area (Å²) in [5, 5.41) is -0.551. The summed E-state index contributed by atoms with van der Waals surface area (Å²) in [5.41, 5.74) is -1.18. The third-order valence-corrected chi connectivity index (χ3v) is 6.98. The molecule has 1 aromatic carbocycles. The summed E-state index contributed by atoms with van der Waals surface area (Å²) >= 11 is 5.56. The lowest BCUT2D eigenvalue weighted by Gasteiger charge is -2.33. The molecule has 5 nitrogen and oxygen atoms in total. The van der Waals surface area contributed by atoms with E-state index in [0.717, 1.165) is 16.4 Å². The Morgan fingerprint density at radius 1 is 1.22 bits per heavy atom. The van der Waals surface area contributed by atoms with Crippen LogP contribution in [-0.2, 0) is 21.0 Å². The Kier molecular flexibility index (Phi) is 6.81. The second kappa shape index (κ2) is 8.36. The largest absolute Gasteiger partial charge is 0.417 e. The predicted octanol–water partition coefficient (Wildman–Crippen LogP) is 3.63. The van der Waals surface area contributed by atoms with E-state index in [9.17, 15) is 26.4 Å². The van der Waals surface area contributed by atoms with E-state index in [1.165, 1.54) is 0 Å². The number of rotatable bonds is 5. The Balaban J connectivity index is 2.17. The van der Waals surface area contributed by atoms with Crippen LogP contribution >= 0.6 is 11.6 Å². The van der Waals surface area contributed by atoms with Gasteiger partial charge in [-0.05, 0) is 44.9 Å². The molecule has 27 heavy (non-hydrogen) atoms. The van der Waals surface area contributed by atoms with Crippen molar-refractivity contribution in [3.05, 3.63) is 28.8 Å². The molecule has 0 saturated carbocycles. The van der Waals surface area contributed by atoms with Gasteiger partial charge in [0.05, 0.1) is 15.5 Å². The first-order chi connectivity index (χ1) is 12.5. The predicted molar refractivity (Wildman–Crippen MR) is 95.9 cm³/mol. The molecule has 1 heterocycles. The van der Waals surface area contributed by atoms with Crippen molar-refractivity contribution >= 4 is 27.5 Å². The number of hydrogen-bond donors (Lipinski definition) is 0. The van der Waals surface area contributed by atoms with Crippen molar-refractivity contribution in [3.8, 4) is 0 Å². The Hall–Kier alpha value is -1.32. The van der Waals surface area contributed by atoms with Crippen molar-refractivity contribution < 1.29 is 26.4 Å². The van der Waals surface area contributed by atoms with Crippen LogP contribution in [0.15, 0.2) is 23.1 Å². The summed E-state index contributed by atoms with van der Waals surface area (Å²) in [6, 6.07) is 2.57. The first-order valence-corrected chi connectivity index (χ1v) is 10.5. The topological polar surface area (TPSA) is 57.7 Å². The van der Waals surface area contributed by atoms with Gasteiger partial charge >= 0.3 is 6.18 Å². The quantitative estimate of drug-likeness (QED) is 0.722. The standard InChI is InChI=1S/C17H22ClF3N2O3S/c1-3-22(4-2)16(24)12-7-9-23(10-8-12)27(25,26)13-5-6-15(18)14(11-13)17(19,20)21/h5-6,11-12H,3-4,7-10H2,1-2H3. The van der Waals surface area contributed by atoms with Crippen LogP contribution in [0.25, 0.3) is 0 Å². The Morgan fingerprint density at radius 2 is 1.78 bits per heavy atom. The highest BCUT2D eigenvalue weighted by Crippen LogP contribution is 2.36. The number of amides is 1. The average Bonchev–Trinajstić information content (AvgIpc) is 2.62. The van der Waals surface area contributed by atoms with Crippen molar-refractivity contribution in [3.63, 3.8) is 0 Å². The van der Waals surface area contributed by atoms with Gasteiger partial charge in [-0.15, -0.1) is 0 Å². The van der Waals surface area contributed by atoms with E-state index in [4.69, 9.17) is 11.6 Å². The van der Waals surface area contributed by atoms with Gasteiger partial charge in [0, 0.05) is 32.1 Å². The summed E-state index contributed by atoms with van der Waals surface area (Å²) in [6.07, 6.45) is -4.06. The van der Waals surface area contributed by atoms with Crippen LogP contribution in [0.1, 0.15) is 32.3 Å². The molecule has 1 aromatic rings. The molecule has 1 aliphatic rings. The van der Waals surface area contributed by atoms with Crippen molar-refractivity contribution in [1.29, 1.82) is 0 Å². The number of carbonyl (C=O) groups excluding carboxylic acids is 1. The number of alkyl halides is 3. The summed E-state index contributed by atoms with van der Waals surface area (Å²) in [7, 11) is -4.09. The smallest absolute Gasteiger partial charge is 0.343 e. The molecule has 0 unspecified atom stereocenters. The van der Waals surface area contributed by atoms with Crippen LogP contribution in [0.3, 0.4) is 0 Å². The van der Waals surface area contributed by atoms with E-state index in [2.05, 4.69) is 0 Å². The molecule has 0 aromatic heterocycles. The molecule has 1 amide bonds. The lowest BCUT2D eigenvalue weighted by Crippen LogP contribution is -2.44. The molecule has 152 valence electrons. The van der Waals surface area contributed by atoms with Gasteiger partial charge in [0.1, 0.15) is 0 Å². The third-order valence-electron chi connectivity index (χ3n) is 4.76. The highest BCUT2D eigenvalue weighted by molar-refractivity contribution is 7.89. The van der Waals surface area contributed by atoms with Crippen molar-refractivity contribution in [2.45, 2.75) is 37.8 Å². The van der Waals surface area contributed by atoms with Gasteiger partial charge in [-0.1, -0.05) is 11.6 Å². The van der Waals surface area contributed by atoms with E-state index in [1.807, 2.05) is 13.8 Å². The molecule has 0 radical (unpaired) electrons. The van der Waals surface area contributed by atoms with E-state index < -0.39 is 31.7 Å². The van der Waals surface area contributed by atoms with Crippen LogP contribution in [0.4, 0.5) is 13.2 Å². The number of carbonyl (C=O) groups is 1.